The fourth-order valence-electron chi connectivity index (χ4n) is 1.67. The van der Waals surface area contributed by atoms with Crippen LogP contribution in [0.25, 0.3) is 0 Å². The minimum absolute atomic E-state index is 0.160. The van der Waals surface area contributed by atoms with Gasteiger partial charge in [0.05, 0.1) is 0 Å². The first kappa shape index (κ1) is 12.9. The highest BCUT2D eigenvalue weighted by Crippen LogP contribution is 2.22. The number of anilines is 1. The highest BCUT2D eigenvalue weighted by Gasteiger charge is 2.20. The number of carbonyl (C=O) groups excluding carboxylic acids is 3. The number of hydrogen-bond acceptors (Lipinski definition) is 3. The van der Waals surface area contributed by atoms with Crippen LogP contribution in [0.4, 0.5) is 5.69 Å². The van der Waals surface area contributed by atoms with Crippen molar-refractivity contribution in [3.05, 3.63) is 42.5 Å². The van der Waals surface area contributed by atoms with E-state index in [1.807, 2.05) is 35.2 Å². The predicted molar refractivity (Wildman–Crippen MR) is 62.2 cm³/mol. The summed E-state index contributed by atoms with van der Waals surface area (Å²) in [6, 6.07) is 9.78. The normalized spacial score (nSPS) is 14.7. The average molecular weight is 231 g/mol. The van der Waals surface area contributed by atoms with Gasteiger partial charge in [-0.3, -0.25) is 4.79 Å². The molecule has 1 aliphatic heterocycles. The van der Waals surface area contributed by atoms with E-state index in [1.165, 1.54) is 0 Å². The van der Waals surface area contributed by atoms with E-state index < -0.39 is 0 Å². The number of hydrogen-bond donors (Lipinski definition) is 0. The van der Waals surface area contributed by atoms with Gasteiger partial charge in [-0.25, -0.2) is 0 Å². The molecule has 0 unspecified atom stereocenters. The van der Waals surface area contributed by atoms with E-state index in [0.717, 1.165) is 24.2 Å². The van der Waals surface area contributed by atoms with E-state index in [0.29, 0.717) is 6.42 Å². The molecule has 4 heteroatoms. The molecule has 1 amide bonds. The van der Waals surface area contributed by atoms with E-state index >= 15 is 0 Å². The van der Waals surface area contributed by atoms with E-state index in [9.17, 15) is 4.79 Å². The third-order valence-electron chi connectivity index (χ3n) is 2.46. The summed E-state index contributed by atoms with van der Waals surface area (Å²) >= 11 is 0. The number of benzene rings is 1. The Hall–Kier alpha value is -2.19. The molecule has 0 aromatic heterocycles. The summed E-state index contributed by atoms with van der Waals surface area (Å²) in [5.41, 5.74) is 2.03. The standard InChI is InChI=1S/C12H13NO.CO2/c1-10-7-8-13(12(14)9-10)11-5-3-2-4-6-11;2-1-3/h2-6H,1,7-9H2;. The summed E-state index contributed by atoms with van der Waals surface area (Å²) in [4.78, 5) is 29.7. The minimum Gasteiger partial charge on any atom is -0.312 e. The maximum atomic E-state index is 11.7. The van der Waals surface area contributed by atoms with Crippen molar-refractivity contribution in [2.45, 2.75) is 12.8 Å². The van der Waals surface area contributed by atoms with Gasteiger partial charge in [-0.05, 0) is 18.6 Å². The lowest BCUT2D eigenvalue weighted by Crippen LogP contribution is -2.35. The topological polar surface area (TPSA) is 54.5 Å². The molecule has 1 aliphatic rings. The summed E-state index contributed by atoms with van der Waals surface area (Å²) in [6.45, 7) is 4.61. The van der Waals surface area contributed by atoms with E-state index in [-0.39, 0.29) is 12.1 Å². The fraction of sp³-hybridized carbons (Fsp3) is 0.231. The quantitative estimate of drug-likeness (QED) is 0.692. The molecule has 88 valence electrons. The Bertz CT molecular complexity index is 433. The van der Waals surface area contributed by atoms with Crippen LogP contribution in [-0.4, -0.2) is 18.6 Å². The van der Waals surface area contributed by atoms with Crippen LogP contribution in [0.2, 0.25) is 0 Å². The van der Waals surface area contributed by atoms with Crippen molar-refractivity contribution in [1.82, 2.24) is 0 Å². The highest BCUT2D eigenvalue weighted by molar-refractivity contribution is 5.95. The largest absolute Gasteiger partial charge is 0.373 e. The second-order valence-electron chi connectivity index (χ2n) is 3.64. The highest BCUT2D eigenvalue weighted by atomic mass is 16.2. The third kappa shape index (κ3) is 3.70. The molecule has 0 radical (unpaired) electrons. The summed E-state index contributed by atoms with van der Waals surface area (Å²) in [5.74, 6) is 0.160. The summed E-state index contributed by atoms with van der Waals surface area (Å²) in [5, 5.41) is 0. The summed E-state index contributed by atoms with van der Waals surface area (Å²) in [6.07, 6.45) is 1.66. The molecule has 0 bridgehead atoms. The molecule has 1 saturated heterocycles. The first-order valence-electron chi connectivity index (χ1n) is 5.20. The van der Waals surface area contributed by atoms with Crippen molar-refractivity contribution in [2.24, 2.45) is 0 Å². The summed E-state index contributed by atoms with van der Waals surface area (Å²) in [7, 11) is 0. The Morgan fingerprint density at radius 3 is 2.29 bits per heavy atom. The second kappa shape index (κ2) is 6.40. The van der Waals surface area contributed by atoms with E-state index in [1.54, 1.807) is 0 Å². The van der Waals surface area contributed by atoms with Gasteiger partial charge in [0.1, 0.15) is 0 Å². The first-order chi connectivity index (χ1) is 8.19. The van der Waals surface area contributed by atoms with Crippen molar-refractivity contribution in [2.75, 3.05) is 11.4 Å². The molecule has 2 rings (SSSR count). The number of amides is 1. The van der Waals surface area contributed by atoms with Gasteiger partial charge in [0.25, 0.3) is 0 Å². The van der Waals surface area contributed by atoms with Crippen LogP contribution >= 0.6 is 0 Å². The Kier molecular flexibility index (Phi) is 4.85. The molecule has 0 aliphatic carbocycles. The first-order valence-corrected chi connectivity index (χ1v) is 5.20. The van der Waals surface area contributed by atoms with Gasteiger partial charge in [0.2, 0.25) is 5.91 Å². The Morgan fingerprint density at radius 1 is 1.18 bits per heavy atom. The molecule has 4 nitrogen and oxygen atoms in total. The van der Waals surface area contributed by atoms with Gasteiger partial charge in [-0.15, -0.1) is 0 Å². The van der Waals surface area contributed by atoms with Gasteiger partial charge in [-0.2, -0.15) is 9.59 Å². The summed E-state index contributed by atoms with van der Waals surface area (Å²) < 4.78 is 0. The van der Waals surface area contributed by atoms with Crippen LogP contribution in [0.5, 0.6) is 0 Å². The second-order valence-corrected chi connectivity index (χ2v) is 3.64. The molecule has 0 N–H and O–H groups in total. The number of nitrogens with zero attached hydrogens (tertiary/aromatic N) is 1. The molecule has 1 aromatic rings. The van der Waals surface area contributed by atoms with Crippen LogP contribution in [0.3, 0.4) is 0 Å². The maximum Gasteiger partial charge on any atom is 0.373 e. The number of piperidine rings is 1. The lowest BCUT2D eigenvalue weighted by molar-refractivity contribution is -0.191. The molecular weight excluding hydrogens is 218 g/mol. The zero-order chi connectivity index (χ0) is 12.7. The Labute approximate surface area is 99.5 Å². The van der Waals surface area contributed by atoms with Crippen molar-refractivity contribution in [3.8, 4) is 0 Å². The van der Waals surface area contributed by atoms with Gasteiger partial charge in [0.15, 0.2) is 0 Å². The molecule has 1 aromatic carbocycles. The van der Waals surface area contributed by atoms with Gasteiger partial charge in [-0.1, -0.05) is 30.4 Å². The lowest BCUT2D eigenvalue weighted by Gasteiger charge is -2.27. The third-order valence-corrected chi connectivity index (χ3v) is 2.46. The van der Waals surface area contributed by atoms with Crippen LogP contribution in [-0.2, 0) is 14.4 Å². The van der Waals surface area contributed by atoms with Gasteiger partial charge in [0, 0.05) is 18.7 Å². The molecule has 0 spiro atoms. The lowest BCUT2D eigenvalue weighted by atomic mass is 10.0. The molecule has 0 saturated carbocycles. The molecule has 0 atom stereocenters. The molecular formula is C13H13NO3. The van der Waals surface area contributed by atoms with Crippen LogP contribution in [0, 0.1) is 0 Å². The minimum atomic E-state index is 0.160. The zero-order valence-corrected chi connectivity index (χ0v) is 9.39. The fourth-order valence-corrected chi connectivity index (χ4v) is 1.67. The van der Waals surface area contributed by atoms with E-state index in [4.69, 9.17) is 9.59 Å². The van der Waals surface area contributed by atoms with Crippen molar-refractivity contribution in [3.63, 3.8) is 0 Å². The van der Waals surface area contributed by atoms with Crippen molar-refractivity contribution >= 4 is 17.7 Å². The number of para-hydroxylation sites is 1. The SMILES string of the molecule is C=C1CCN(c2ccccc2)C(=O)C1.O=C=O. The average Bonchev–Trinajstić information content (AvgIpc) is 2.31. The van der Waals surface area contributed by atoms with Crippen LogP contribution < -0.4 is 4.90 Å². The predicted octanol–water partition coefficient (Wildman–Crippen LogP) is 1.79. The molecule has 17 heavy (non-hydrogen) atoms. The van der Waals surface area contributed by atoms with E-state index in [2.05, 4.69) is 6.58 Å². The number of rotatable bonds is 1. The van der Waals surface area contributed by atoms with Gasteiger partial charge >= 0.3 is 6.15 Å². The smallest absolute Gasteiger partial charge is 0.312 e. The molecule has 1 heterocycles. The Morgan fingerprint density at radius 2 is 1.76 bits per heavy atom. The monoisotopic (exact) mass is 231 g/mol. The van der Waals surface area contributed by atoms with Crippen LogP contribution in [0.1, 0.15) is 12.8 Å². The zero-order valence-electron chi connectivity index (χ0n) is 9.39. The molecule has 1 fully saturated rings. The van der Waals surface area contributed by atoms with Crippen molar-refractivity contribution in [1.29, 1.82) is 0 Å². The van der Waals surface area contributed by atoms with Crippen LogP contribution in [0.15, 0.2) is 42.5 Å². The van der Waals surface area contributed by atoms with Crippen molar-refractivity contribution < 1.29 is 14.4 Å². The van der Waals surface area contributed by atoms with Gasteiger partial charge < -0.3 is 4.90 Å². The maximum absolute atomic E-state index is 11.7. The Balaban J connectivity index is 0.000000437. The number of carbonyl (C=O) groups is 1.